The van der Waals surface area contributed by atoms with Crippen LogP contribution in [-0.2, 0) is 23.4 Å². The van der Waals surface area contributed by atoms with E-state index in [2.05, 4.69) is 66.7 Å². The lowest BCUT2D eigenvalue weighted by Crippen LogP contribution is -2.38. The standard InChI is InChI=1S/C40H59NO3S2/c1-30(42)39(40(43)44)38-24-23-33-19-11-12-20-36(33)28-45-46-29-37(27-32-16-8-3-9-17-32)34(21-22-35(38)25-26-41)18-10-4-7-15-31-13-5-2-6-14-31/h3-4,8-12,16-17,19-20,30-31,34-35,37-39,42H,2,5-7,13-15,18,21-29,41H2,1H3,(H,43,44)/t30-,34-,35+,37-,38+,39-/m0/s1. The van der Waals surface area contributed by atoms with Crippen molar-refractivity contribution in [3.8, 4) is 0 Å². The number of aryl methyl sites for hydroxylation is 1. The first kappa shape index (κ1) is 37.1. The van der Waals surface area contributed by atoms with Gasteiger partial charge in [-0.25, -0.2) is 0 Å². The molecule has 1 aliphatic heterocycles. The second kappa shape index (κ2) is 20.6. The van der Waals surface area contributed by atoms with Gasteiger partial charge in [0, 0.05) is 11.5 Å². The van der Waals surface area contributed by atoms with E-state index in [1.807, 2.05) is 21.6 Å². The van der Waals surface area contributed by atoms with E-state index in [1.54, 1.807) is 6.92 Å². The minimum Gasteiger partial charge on any atom is -0.481 e. The Bertz CT molecular complexity index is 1170. The summed E-state index contributed by atoms with van der Waals surface area (Å²) in [5, 5.41) is 21.1. The van der Waals surface area contributed by atoms with E-state index in [4.69, 9.17) is 5.73 Å². The van der Waals surface area contributed by atoms with Gasteiger partial charge < -0.3 is 15.9 Å². The Labute approximate surface area is 287 Å². The fraction of sp³-hybridized carbons (Fsp3) is 0.625. The minimum absolute atomic E-state index is 0.127. The van der Waals surface area contributed by atoms with Crippen LogP contribution in [0.25, 0.3) is 0 Å². The predicted molar refractivity (Wildman–Crippen MR) is 198 cm³/mol. The monoisotopic (exact) mass is 665 g/mol. The lowest BCUT2D eigenvalue weighted by Gasteiger charge is -2.35. The largest absolute Gasteiger partial charge is 0.481 e. The van der Waals surface area contributed by atoms with Crippen LogP contribution in [0.5, 0.6) is 0 Å². The third kappa shape index (κ3) is 12.1. The molecule has 1 fully saturated rings. The third-order valence-corrected chi connectivity index (χ3v) is 13.3. The molecular weight excluding hydrogens is 607 g/mol. The fourth-order valence-electron chi connectivity index (χ4n) is 8.20. The second-order valence-corrected chi connectivity index (χ2v) is 16.5. The van der Waals surface area contributed by atoms with Gasteiger partial charge in [0.05, 0.1) is 12.0 Å². The highest BCUT2D eigenvalue weighted by Gasteiger charge is 2.37. The van der Waals surface area contributed by atoms with E-state index in [9.17, 15) is 15.0 Å². The SMILES string of the molecule is C[C@H](O)[C@H](C(=O)O)[C@@H]1CCc2ccccc2CSSC[C@H](Cc2ccccc2)[C@@H](CC=CCCC2CCCCC2)CC[C@@H]1CCN. The van der Waals surface area contributed by atoms with Crippen molar-refractivity contribution in [2.75, 3.05) is 12.3 Å². The van der Waals surface area contributed by atoms with E-state index in [1.165, 1.54) is 61.6 Å². The first-order valence-electron chi connectivity index (χ1n) is 18.1. The van der Waals surface area contributed by atoms with Gasteiger partial charge in [-0.1, -0.05) is 120 Å². The first-order valence-corrected chi connectivity index (χ1v) is 20.6. The van der Waals surface area contributed by atoms with Crippen LogP contribution in [0.1, 0.15) is 101 Å². The van der Waals surface area contributed by atoms with Crippen LogP contribution in [0.15, 0.2) is 66.7 Å². The van der Waals surface area contributed by atoms with Gasteiger partial charge in [-0.2, -0.15) is 0 Å². The zero-order chi connectivity index (χ0) is 32.6. The van der Waals surface area contributed by atoms with Crippen LogP contribution in [-0.4, -0.2) is 34.6 Å². The maximum atomic E-state index is 12.6. The summed E-state index contributed by atoms with van der Waals surface area (Å²) in [6.45, 7) is 2.19. The average Bonchev–Trinajstić information content (AvgIpc) is 3.06. The zero-order valence-electron chi connectivity index (χ0n) is 28.1. The topological polar surface area (TPSA) is 83.5 Å². The van der Waals surface area contributed by atoms with Crippen molar-refractivity contribution in [3.05, 3.63) is 83.4 Å². The summed E-state index contributed by atoms with van der Waals surface area (Å²) in [5.74, 6) is 2.32. The third-order valence-electron chi connectivity index (χ3n) is 10.8. The molecule has 2 aromatic carbocycles. The molecular formula is C40H59NO3S2. The Morgan fingerprint density at radius 1 is 0.870 bits per heavy atom. The molecule has 0 spiro atoms. The smallest absolute Gasteiger partial charge is 0.309 e. The van der Waals surface area contributed by atoms with Gasteiger partial charge in [0.2, 0.25) is 0 Å². The number of aliphatic hydroxyl groups excluding tert-OH is 1. The van der Waals surface area contributed by atoms with Crippen LogP contribution in [0.2, 0.25) is 0 Å². The summed E-state index contributed by atoms with van der Waals surface area (Å²) < 4.78 is 0. The van der Waals surface area contributed by atoms with Gasteiger partial charge in [-0.15, -0.1) is 0 Å². The Morgan fingerprint density at radius 2 is 1.59 bits per heavy atom. The first-order chi connectivity index (χ1) is 22.5. The highest BCUT2D eigenvalue weighted by atomic mass is 33.1. The molecule has 0 amide bonds. The molecule has 46 heavy (non-hydrogen) atoms. The van der Waals surface area contributed by atoms with Crippen molar-refractivity contribution in [2.24, 2.45) is 41.2 Å². The summed E-state index contributed by atoms with van der Waals surface area (Å²) in [7, 11) is 3.98. The van der Waals surface area contributed by atoms with Crippen molar-refractivity contribution in [2.45, 2.75) is 109 Å². The van der Waals surface area contributed by atoms with Gasteiger partial charge >= 0.3 is 5.97 Å². The molecule has 6 atom stereocenters. The van der Waals surface area contributed by atoms with E-state index in [0.29, 0.717) is 18.4 Å². The number of carbonyl (C=O) groups is 1. The van der Waals surface area contributed by atoms with Crippen LogP contribution < -0.4 is 5.73 Å². The molecule has 4 nitrogen and oxygen atoms in total. The number of carboxylic acids is 1. The van der Waals surface area contributed by atoms with Crippen LogP contribution in [0.4, 0.5) is 0 Å². The Balaban J connectivity index is 1.60. The summed E-state index contributed by atoms with van der Waals surface area (Å²) in [5.41, 5.74) is 10.3. The minimum atomic E-state index is -0.905. The van der Waals surface area contributed by atoms with Gasteiger partial charge in [0.25, 0.3) is 0 Å². The number of benzene rings is 2. The van der Waals surface area contributed by atoms with Crippen LogP contribution in [0, 0.1) is 35.5 Å². The van der Waals surface area contributed by atoms with Crippen molar-refractivity contribution in [1.82, 2.24) is 0 Å². The number of aliphatic carboxylic acids is 1. The number of nitrogens with two attached hydrogens (primary N) is 1. The Kier molecular flexibility index (Phi) is 16.6. The maximum absolute atomic E-state index is 12.6. The molecule has 0 unspecified atom stereocenters. The van der Waals surface area contributed by atoms with Crippen LogP contribution >= 0.6 is 21.6 Å². The molecule has 4 N–H and O–H groups in total. The molecule has 2 aliphatic rings. The number of rotatable bonds is 12. The fourth-order valence-corrected chi connectivity index (χ4v) is 10.8. The number of allylic oxidation sites excluding steroid dienone is 2. The quantitative estimate of drug-likeness (QED) is 0.155. The summed E-state index contributed by atoms with van der Waals surface area (Å²) in [4.78, 5) is 12.6. The highest BCUT2D eigenvalue weighted by Crippen LogP contribution is 2.40. The van der Waals surface area contributed by atoms with Crippen molar-refractivity contribution in [1.29, 1.82) is 0 Å². The van der Waals surface area contributed by atoms with Gasteiger partial charge in [0.1, 0.15) is 0 Å². The average molecular weight is 666 g/mol. The molecule has 0 aromatic heterocycles. The molecule has 2 aromatic rings. The van der Waals surface area contributed by atoms with Crippen molar-refractivity contribution < 1.29 is 15.0 Å². The number of aliphatic hydroxyl groups is 1. The van der Waals surface area contributed by atoms with Crippen molar-refractivity contribution in [3.63, 3.8) is 0 Å². The zero-order valence-corrected chi connectivity index (χ0v) is 29.7. The van der Waals surface area contributed by atoms with Crippen molar-refractivity contribution >= 4 is 27.6 Å². The number of fused-ring (bicyclic) bond motifs is 1. The summed E-state index contributed by atoms with van der Waals surface area (Å²) in [6, 6.07) is 19.6. The van der Waals surface area contributed by atoms with E-state index >= 15 is 0 Å². The lowest BCUT2D eigenvalue weighted by atomic mass is 9.71. The molecule has 1 saturated carbocycles. The lowest BCUT2D eigenvalue weighted by molar-refractivity contribution is -0.149. The molecule has 6 heteroatoms. The molecule has 0 radical (unpaired) electrons. The molecule has 4 rings (SSSR count). The summed E-state index contributed by atoms with van der Waals surface area (Å²) in [6.07, 6.45) is 20.0. The van der Waals surface area contributed by atoms with E-state index < -0.39 is 18.0 Å². The molecule has 254 valence electrons. The number of hydrogen-bond donors (Lipinski definition) is 3. The normalized spacial score (nSPS) is 25.4. The molecule has 0 saturated heterocycles. The van der Waals surface area contributed by atoms with Gasteiger partial charge in [0.15, 0.2) is 0 Å². The molecule has 1 heterocycles. The maximum Gasteiger partial charge on any atom is 0.309 e. The number of carboxylic acid groups (broad SMARTS) is 1. The molecule has 0 bridgehead atoms. The highest BCUT2D eigenvalue weighted by molar-refractivity contribution is 8.76. The Hall–Kier alpha value is -1.73. The van der Waals surface area contributed by atoms with Crippen LogP contribution in [0.3, 0.4) is 0 Å². The van der Waals surface area contributed by atoms with Gasteiger partial charge in [-0.05, 0) is 118 Å². The second-order valence-electron chi connectivity index (χ2n) is 14.0. The summed E-state index contributed by atoms with van der Waals surface area (Å²) >= 11 is 0. The Morgan fingerprint density at radius 3 is 2.30 bits per heavy atom. The van der Waals surface area contributed by atoms with E-state index in [-0.39, 0.29) is 11.8 Å². The predicted octanol–water partition coefficient (Wildman–Crippen LogP) is 9.74. The van der Waals surface area contributed by atoms with Gasteiger partial charge in [-0.3, -0.25) is 4.79 Å². The molecule has 1 aliphatic carbocycles. The van der Waals surface area contributed by atoms with E-state index in [0.717, 1.165) is 62.4 Å². The number of hydrogen-bond acceptors (Lipinski definition) is 5.